The molecule has 1 aliphatic heterocycles. The molecule has 2 aliphatic rings. The minimum Gasteiger partial charge on any atom is -0.377 e. The molecule has 4 nitrogen and oxygen atoms in total. The van der Waals surface area contributed by atoms with Gasteiger partial charge in [0.1, 0.15) is 0 Å². The number of ether oxygens (including phenoxy) is 1. The zero-order valence-electron chi connectivity index (χ0n) is 14.2. The molecule has 0 radical (unpaired) electrons. The summed E-state index contributed by atoms with van der Waals surface area (Å²) in [6, 6.07) is 10.9. The number of nitrogens with one attached hydrogen (secondary N) is 2. The zero-order chi connectivity index (χ0) is 16.3. The van der Waals surface area contributed by atoms with E-state index in [1.54, 1.807) is 0 Å². The van der Waals surface area contributed by atoms with Crippen molar-refractivity contribution in [2.45, 2.75) is 37.3 Å². The van der Waals surface area contributed by atoms with Crippen LogP contribution < -0.4 is 10.6 Å². The van der Waals surface area contributed by atoms with E-state index in [1.807, 2.05) is 18.8 Å². The van der Waals surface area contributed by atoms with Gasteiger partial charge in [0, 0.05) is 48.2 Å². The molecule has 1 aromatic carbocycles. The van der Waals surface area contributed by atoms with Crippen LogP contribution in [0.15, 0.2) is 40.2 Å². The van der Waals surface area contributed by atoms with E-state index in [2.05, 4.69) is 59.8 Å². The second-order valence-corrected chi connectivity index (χ2v) is 8.02. The summed E-state index contributed by atoms with van der Waals surface area (Å²) < 4.78 is 5.86. The van der Waals surface area contributed by atoms with Crippen molar-refractivity contribution < 1.29 is 4.74 Å². The van der Waals surface area contributed by atoms with Crippen molar-refractivity contribution in [1.82, 2.24) is 10.6 Å². The highest BCUT2D eigenvalue weighted by molar-refractivity contribution is 7.99. The molecule has 0 spiro atoms. The van der Waals surface area contributed by atoms with E-state index in [4.69, 9.17) is 4.74 Å². The third-order valence-electron chi connectivity index (χ3n) is 5.02. The second kappa shape index (κ2) is 7.14. The van der Waals surface area contributed by atoms with Crippen LogP contribution in [0, 0.1) is 11.3 Å². The van der Waals surface area contributed by atoms with Crippen molar-refractivity contribution in [2.75, 3.05) is 26.0 Å². The van der Waals surface area contributed by atoms with Crippen LogP contribution in [0.5, 0.6) is 0 Å². The Bertz CT molecular complexity index is 546. The topological polar surface area (TPSA) is 45.7 Å². The SMILES string of the molecule is CN=C(NCCSc1ccccc1)NC1C2CCOC2C1(C)C. The van der Waals surface area contributed by atoms with Crippen LogP contribution in [0.4, 0.5) is 0 Å². The highest BCUT2D eigenvalue weighted by Crippen LogP contribution is 2.52. The average Bonchev–Trinajstić information content (AvgIpc) is 3.02. The Morgan fingerprint density at radius 1 is 1.35 bits per heavy atom. The van der Waals surface area contributed by atoms with Gasteiger partial charge in [-0.1, -0.05) is 32.0 Å². The first-order valence-corrected chi connectivity index (χ1v) is 9.38. The highest BCUT2D eigenvalue weighted by Gasteiger charge is 2.59. The Hall–Kier alpha value is -1.20. The summed E-state index contributed by atoms with van der Waals surface area (Å²) in [7, 11) is 1.84. The van der Waals surface area contributed by atoms with Gasteiger partial charge in [-0.15, -0.1) is 11.8 Å². The minimum atomic E-state index is 0.178. The van der Waals surface area contributed by atoms with Crippen molar-refractivity contribution in [1.29, 1.82) is 0 Å². The molecule has 2 N–H and O–H groups in total. The minimum absolute atomic E-state index is 0.178. The standard InChI is InChI=1S/C18H27N3OS/c1-18(2)15(14-9-11-22-16(14)18)21-17(19-3)20-10-12-23-13-7-5-4-6-8-13/h4-8,14-16H,9-12H2,1-3H3,(H2,19,20,21). The van der Waals surface area contributed by atoms with E-state index in [1.165, 1.54) is 4.90 Å². The van der Waals surface area contributed by atoms with Gasteiger partial charge in [-0.25, -0.2) is 0 Å². The number of aliphatic imine (C=N–C) groups is 1. The Morgan fingerprint density at radius 2 is 2.13 bits per heavy atom. The van der Waals surface area contributed by atoms with Crippen molar-refractivity contribution in [3.8, 4) is 0 Å². The average molecular weight is 334 g/mol. The fraction of sp³-hybridized carbons (Fsp3) is 0.611. The van der Waals surface area contributed by atoms with Crippen LogP contribution in [0.3, 0.4) is 0 Å². The summed E-state index contributed by atoms with van der Waals surface area (Å²) in [6.07, 6.45) is 1.57. The molecule has 126 valence electrons. The molecule has 2 fully saturated rings. The first kappa shape index (κ1) is 16.7. The van der Waals surface area contributed by atoms with Crippen molar-refractivity contribution >= 4 is 17.7 Å². The maximum absolute atomic E-state index is 5.86. The molecule has 1 saturated carbocycles. The summed E-state index contributed by atoms with van der Waals surface area (Å²) in [4.78, 5) is 5.69. The first-order chi connectivity index (χ1) is 11.1. The normalized spacial score (nSPS) is 28.8. The number of thioether (sulfide) groups is 1. The van der Waals surface area contributed by atoms with Crippen LogP contribution in [-0.4, -0.2) is 44.1 Å². The number of hydrogen-bond donors (Lipinski definition) is 2. The number of guanidine groups is 1. The molecule has 23 heavy (non-hydrogen) atoms. The molecule has 0 bridgehead atoms. The third-order valence-corrected chi connectivity index (χ3v) is 6.04. The van der Waals surface area contributed by atoms with E-state index in [0.29, 0.717) is 18.1 Å². The maximum Gasteiger partial charge on any atom is 0.191 e. The van der Waals surface area contributed by atoms with Gasteiger partial charge in [0.25, 0.3) is 0 Å². The molecule has 3 atom stereocenters. The van der Waals surface area contributed by atoms with E-state index in [-0.39, 0.29) is 5.41 Å². The number of nitrogens with zero attached hydrogens (tertiary/aromatic N) is 1. The summed E-state index contributed by atoms with van der Waals surface area (Å²) in [6.45, 7) is 6.37. The Balaban J connectivity index is 1.44. The number of rotatable bonds is 5. The van der Waals surface area contributed by atoms with Crippen LogP contribution in [0.1, 0.15) is 20.3 Å². The molecular formula is C18H27N3OS. The van der Waals surface area contributed by atoms with Gasteiger partial charge in [-0.3, -0.25) is 4.99 Å². The van der Waals surface area contributed by atoms with E-state index < -0.39 is 0 Å². The van der Waals surface area contributed by atoms with E-state index >= 15 is 0 Å². The molecule has 0 aromatic heterocycles. The quantitative estimate of drug-likeness (QED) is 0.376. The molecule has 5 heteroatoms. The van der Waals surface area contributed by atoms with Gasteiger partial charge in [0.15, 0.2) is 5.96 Å². The van der Waals surface area contributed by atoms with Gasteiger partial charge in [-0.2, -0.15) is 0 Å². The van der Waals surface area contributed by atoms with Gasteiger partial charge in [-0.05, 0) is 18.6 Å². The highest BCUT2D eigenvalue weighted by atomic mass is 32.2. The fourth-order valence-corrected chi connectivity index (χ4v) is 4.60. The van der Waals surface area contributed by atoms with Gasteiger partial charge >= 0.3 is 0 Å². The molecule has 0 amide bonds. The first-order valence-electron chi connectivity index (χ1n) is 8.39. The Morgan fingerprint density at radius 3 is 2.87 bits per heavy atom. The summed E-state index contributed by atoms with van der Waals surface area (Å²) in [5.41, 5.74) is 0.178. The van der Waals surface area contributed by atoms with Gasteiger partial charge in [0.2, 0.25) is 0 Å². The van der Waals surface area contributed by atoms with Crippen molar-refractivity contribution in [2.24, 2.45) is 16.3 Å². The fourth-order valence-electron chi connectivity index (χ4n) is 3.81. The van der Waals surface area contributed by atoms with E-state index in [9.17, 15) is 0 Å². The predicted octanol–water partition coefficient (Wildman–Crippen LogP) is 2.76. The van der Waals surface area contributed by atoms with Crippen LogP contribution >= 0.6 is 11.8 Å². The van der Waals surface area contributed by atoms with Gasteiger partial charge < -0.3 is 15.4 Å². The summed E-state index contributed by atoms with van der Waals surface area (Å²) >= 11 is 1.86. The lowest BCUT2D eigenvalue weighted by Crippen LogP contribution is -2.68. The van der Waals surface area contributed by atoms with Crippen molar-refractivity contribution in [3.05, 3.63) is 30.3 Å². The predicted molar refractivity (Wildman–Crippen MR) is 97.1 cm³/mol. The lowest BCUT2D eigenvalue weighted by atomic mass is 9.57. The number of fused-ring (bicyclic) bond motifs is 1. The summed E-state index contributed by atoms with van der Waals surface area (Å²) in [5, 5.41) is 7.05. The Labute approximate surface area is 143 Å². The third kappa shape index (κ3) is 3.50. The molecule has 1 saturated heterocycles. The van der Waals surface area contributed by atoms with Crippen molar-refractivity contribution in [3.63, 3.8) is 0 Å². The number of hydrogen-bond acceptors (Lipinski definition) is 3. The lowest BCUT2D eigenvalue weighted by Gasteiger charge is -2.54. The lowest BCUT2D eigenvalue weighted by molar-refractivity contribution is -0.106. The largest absolute Gasteiger partial charge is 0.377 e. The van der Waals surface area contributed by atoms with Crippen LogP contribution in [0.25, 0.3) is 0 Å². The molecule has 3 unspecified atom stereocenters. The zero-order valence-corrected chi connectivity index (χ0v) is 15.0. The molecular weight excluding hydrogens is 306 g/mol. The van der Waals surface area contributed by atoms with Crippen LogP contribution in [0.2, 0.25) is 0 Å². The number of benzene rings is 1. The van der Waals surface area contributed by atoms with Gasteiger partial charge in [0.05, 0.1) is 6.10 Å². The molecule has 1 aromatic rings. The maximum atomic E-state index is 5.86. The molecule has 1 heterocycles. The molecule has 1 aliphatic carbocycles. The van der Waals surface area contributed by atoms with Crippen LogP contribution in [-0.2, 0) is 4.74 Å². The Kier molecular flexibility index (Phi) is 5.17. The molecule has 3 rings (SSSR count). The second-order valence-electron chi connectivity index (χ2n) is 6.85. The monoisotopic (exact) mass is 333 g/mol. The summed E-state index contributed by atoms with van der Waals surface area (Å²) in [5.74, 6) is 2.55. The van der Waals surface area contributed by atoms with E-state index in [0.717, 1.165) is 31.3 Å². The smallest absolute Gasteiger partial charge is 0.191 e.